The Balaban J connectivity index is 1.49. The van der Waals surface area contributed by atoms with Crippen LogP contribution >= 0.6 is 0 Å². The first-order chi connectivity index (χ1) is 15.5. The lowest BCUT2D eigenvalue weighted by molar-refractivity contribution is 0.102. The molecule has 0 aliphatic carbocycles. The highest BCUT2D eigenvalue weighted by Gasteiger charge is 2.10. The zero-order valence-corrected chi connectivity index (χ0v) is 17.3. The molecule has 7 heteroatoms. The number of aromatic nitrogens is 2. The number of hydrogen-bond donors (Lipinski definition) is 1. The van der Waals surface area contributed by atoms with Crippen LogP contribution in [0.1, 0.15) is 21.5 Å². The number of aryl methyl sites for hydroxylation is 1. The largest absolute Gasteiger partial charge is 0.472 e. The Kier molecular flexibility index (Phi) is 6.07. The van der Waals surface area contributed by atoms with Crippen molar-refractivity contribution in [2.24, 2.45) is 0 Å². The average molecular weight is 429 g/mol. The summed E-state index contributed by atoms with van der Waals surface area (Å²) in [5.74, 6) is -0.680. The van der Waals surface area contributed by atoms with Gasteiger partial charge in [-0.3, -0.25) is 9.59 Å². The molecule has 0 aliphatic heterocycles. The smallest absolute Gasteiger partial charge is 0.271 e. The van der Waals surface area contributed by atoms with E-state index in [1.165, 1.54) is 28.9 Å². The van der Waals surface area contributed by atoms with Crippen molar-refractivity contribution in [2.45, 2.75) is 13.5 Å². The SMILES string of the molecule is Cc1cccc(COc2ccc(=O)n(-c3ccc(C(=O)Nc4ccccc4F)cc3)n2)c1. The summed E-state index contributed by atoms with van der Waals surface area (Å²) < 4.78 is 20.7. The number of anilines is 1. The van der Waals surface area contributed by atoms with E-state index in [-0.39, 0.29) is 11.2 Å². The number of para-hydroxylation sites is 1. The number of carbonyl (C=O) groups excluding carboxylic acids is 1. The van der Waals surface area contributed by atoms with Crippen molar-refractivity contribution < 1.29 is 13.9 Å². The van der Waals surface area contributed by atoms with Crippen molar-refractivity contribution in [3.63, 3.8) is 0 Å². The summed E-state index contributed by atoms with van der Waals surface area (Å²) in [4.78, 5) is 24.7. The van der Waals surface area contributed by atoms with Gasteiger partial charge in [0.05, 0.1) is 11.4 Å². The first-order valence-electron chi connectivity index (χ1n) is 9.95. The molecule has 3 aromatic carbocycles. The van der Waals surface area contributed by atoms with Gasteiger partial charge in [0.2, 0.25) is 5.88 Å². The van der Waals surface area contributed by atoms with Crippen LogP contribution in [-0.4, -0.2) is 15.7 Å². The normalized spacial score (nSPS) is 10.6. The summed E-state index contributed by atoms with van der Waals surface area (Å²) >= 11 is 0. The molecule has 1 heterocycles. The molecular weight excluding hydrogens is 409 g/mol. The predicted octanol–water partition coefficient (Wildman–Crippen LogP) is 4.51. The van der Waals surface area contributed by atoms with Crippen LogP contribution < -0.4 is 15.6 Å². The molecule has 6 nitrogen and oxygen atoms in total. The molecule has 0 bridgehead atoms. The van der Waals surface area contributed by atoms with Crippen LogP contribution in [0.2, 0.25) is 0 Å². The van der Waals surface area contributed by atoms with Crippen LogP contribution in [0.3, 0.4) is 0 Å². The molecular formula is C25H20FN3O3. The van der Waals surface area contributed by atoms with Gasteiger partial charge in [-0.25, -0.2) is 4.39 Å². The monoisotopic (exact) mass is 429 g/mol. The lowest BCUT2D eigenvalue weighted by atomic mass is 10.1. The van der Waals surface area contributed by atoms with Gasteiger partial charge in [-0.05, 0) is 48.9 Å². The molecule has 4 aromatic rings. The van der Waals surface area contributed by atoms with Gasteiger partial charge in [0, 0.05) is 17.7 Å². The van der Waals surface area contributed by atoms with Crippen molar-refractivity contribution >= 4 is 11.6 Å². The highest BCUT2D eigenvalue weighted by Crippen LogP contribution is 2.16. The zero-order chi connectivity index (χ0) is 22.5. The molecule has 0 unspecified atom stereocenters. The summed E-state index contributed by atoms with van der Waals surface area (Å²) in [6, 6.07) is 23.0. The van der Waals surface area contributed by atoms with E-state index in [2.05, 4.69) is 10.4 Å². The Morgan fingerprint density at radius 3 is 2.53 bits per heavy atom. The number of halogens is 1. The fourth-order valence-corrected chi connectivity index (χ4v) is 3.13. The number of ether oxygens (including phenoxy) is 1. The molecule has 0 saturated carbocycles. The van der Waals surface area contributed by atoms with Crippen LogP contribution in [0.15, 0.2) is 89.7 Å². The summed E-state index contributed by atoms with van der Waals surface area (Å²) in [6.45, 7) is 2.32. The highest BCUT2D eigenvalue weighted by atomic mass is 19.1. The maximum absolute atomic E-state index is 13.8. The van der Waals surface area contributed by atoms with E-state index in [0.717, 1.165) is 11.1 Å². The fourth-order valence-electron chi connectivity index (χ4n) is 3.13. The quantitative estimate of drug-likeness (QED) is 0.489. The van der Waals surface area contributed by atoms with Crippen molar-refractivity contribution in [1.82, 2.24) is 9.78 Å². The van der Waals surface area contributed by atoms with Gasteiger partial charge >= 0.3 is 0 Å². The molecule has 32 heavy (non-hydrogen) atoms. The van der Waals surface area contributed by atoms with Crippen LogP contribution in [0.4, 0.5) is 10.1 Å². The predicted molar refractivity (Wildman–Crippen MR) is 120 cm³/mol. The molecule has 1 amide bonds. The molecule has 1 N–H and O–H groups in total. The lowest BCUT2D eigenvalue weighted by Gasteiger charge is -2.10. The molecule has 0 aliphatic rings. The van der Waals surface area contributed by atoms with E-state index < -0.39 is 11.7 Å². The average Bonchev–Trinajstić information content (AvgIpc) is 2.80. The Hall–Kier alpha value is -4.26. The number of carbonyl (C=O) groups is 1. The summed E-state index contributed by atoms with van der Waals surface area (Å²) in [7, 11) is 0. The second-order valence-electron chi connectivity index (χ2n) is 7.18. The fraction of sp³-hybridized carbons (Fsp3) is 0.0800. The van der Waals surface area contributed by atoms with Crippen LogP contribution in [-0.2, 0) is 6.61 Å². The molecule has 160 valence electrons. The Morgan fingerprint density at radius 1 is 1.00 bits per heavy atom. The van der Waals surface area contributed by atoms with Crippen molar-refractivity contribution in [3.8, 4) is 11.6 Å². The lowest BCUT2D eigenvalue weighted by Crippen LogP contribution is -2.21. The molecule has 1 aromatic heterocycles. The molecule has 0 saturated heterocycles. The third-order valence-corrected chi connectivity index (χ3v) is 4.74. The Labute approximate surface area is 183 Å². The van der Waals surface area contributed by atoms with Crippen molar-refractivity contribution in [3.05, 3.63) is 118 Å². The van der Waals surface area contributed by atoms with Gasteiger partial charge in [-0.1, -0.05) is 42.0 Å². The van der Waals surface area contributed by atoms with Gasteiger partial charge in [-0.15, -0.1) is 5.10 Å². The van der Waals surface area contributed by atoms with Gasteiger partial charge < -0.3 is 10.1 Å². The van der Waals surface area contributed by atoms with Gasteiger partial charge in [0.1, 0.15) is 12.4 Å². The number of hydrogen-bond acceptors (Lipinski definition) is 4. The first-order valence-corrected chi connectivity index (χ1v) is 9.95. The molecule has 0 atom stereocenters. The molecule has 4 rings (SSSR count). The van der Waals surface area contributed by atoms with E-state index >= 15 is 0 Å². The summed E-state index contributed by atoms with van der Waals surface area (Å²) in [5, 5.41) is 6.79. The van der Waals surface area contributed by atoms with E-state index in [1.807, 2.05) is 31.2 Å². The van der Waals surface area contributed by atoms with Crippen LogP contribution in [0, 0.1) is 12.7 Å². The van der Waals surface area contributed by atoms with E-state index in [1.54, 1.807) is 36.4 Å². The number of nitrogens with zero attached hydrogens (tertiary/aromatic N) is 2. The van der Waals surface area contributed by atoms with Gasteiger partial charge in [-0.2, -0.15) is 4.68 Å². The molecule has 0 fully saturated rings. The van der Waals surface area contributed by atoms with Gasteiger partial charge in [0.25, 0.3) is 11.5 Å². The van der Waals surface area contributed by atoms with E-state index in [4.69, 9.17) is 4.74 Å². The minimum atomic E-state index is -0.518. The maximum Gasteiger partial charge on any atom is 0.271 e. The number of amides is 1. The summed E-state index contributed by atoms with van der Waals surface area (Å²) in [5.41, 5.74) is 2.67. The van der Waals surface area contributed by atoms with E-state index in [0.29, 0.717) is 23.7 Å². The number of benzene rings is 3. The number of rotatable bonds is 6. The Bertz CT molecular complexity index is 1320. The molecule has 0 spiro atoms. The van der Waals surface area contributed by atoms with Crippen molar-refractivity contribution in [2.75, 3.05) is 5.32 Å². The summed E-state index contributed by atoms with van der Waals surface area (Å²) in [6.07, 6.45) is 0. The minimum absolute atomic E-state index is 0.0953. The maximum atomic E-state index is 13.8. The highest BCUT2D eigenvalue weighted by molar-refractivity contribution is 6.04. The van der Waals surface area contributed by atoms with Crippen LogP contribution in [0.25, 0.3) is 5.69 Å². The molecule has 0 radical (unpaired) electrons. The van der Waals surface area contributed by atoms with E-state index in [9.17, 15) is 14.0 Å². The Morgan fingerprint density at radius 2 is 1.78 bits per heavy atom. The van der Waals surface area contributed by atoms with Gasteiger partial charge in [0.15, 0.2) is 0 Å². The third-order valence-electron chi connectivity index (χ3n) is 4.74. The number of nitrogens with one attached hydrogen (secondary N) is 1. The van der Waals surface area contributed by atoms with Crippen molar-refractivity contribution in [1.29, 1.82) is 0 Å². The van der Waals surface area contributed by atoms with Crippen LogP contribution in [0.5, 0.6) is 5.88 Å². The zero-order valence-electron chi connectivity index (χ0n) is 17.3. The second kappa shape index (κ2) is 9.26. The standard InChI is InChI=1S/C25H20FN3O3/c1-17-5-4-6-18(15-17)16-32-23-13-14-24(30)29(28-23)20-11-9-19(10-12-20)25(31)27-22-8-3-2-7-21(22)26/h2-15H,16H2,1H3,(H,27,31). The minimum Gasteiger partial charge on any atom is -0.472 e. The second-order valence-corrected chi connectivity index (χ2v) is 7.18. The topological polar surface area (TPSA) is 73.2 Å². The first kappa shape index (κ1) is 21.0. The third kappa shape index (κ3) is 4.89.